The van der Waals surface area contributed by atoms with E-state index < -0.39 is 49.2 Å². The normalized spacial score (nSPS) is 10.6. The van der Waals surface area contributed by atoms with Crippen LogP contribution in [-0.2, 0) is 50.9 Å². The molecule has 1 heterocycles. The number of halogens is 5. The first-order valence-electron chi connectivity index (χ1n) is 7.10. The second-order valence-corrected chi connectivity index (χ2v) is 7.45. The van der Waals surface area contributed by atoms with Crippen LogP contribution in [0.2, 0.25) is 0 Å². The van der Waals surface area contributed by atoms with Gasteiger partial charge < -0.3 is 14.5 Å². The maximum Gasteiger partial charge on any atom is 0.353 e. The van der Waals surface area contributed by atoms with Crippen LogP contribution in [0.5, 0.6) is 5.75 Å². The molecule has 164 valence electrons. The Hall–Kier alpha value is -0.649. The first-order chi connectivity index (χ1) is 12.7. The van der Waals surface area contributed by atoms with E-state index in [1.54, 1.807) is 18.2 Å². The van der Waals surface area contributed by atoms with Crippen LogP contribution in [0, 0.1) is 29.1 Å². The second kappa shape index (κ2) is 10.6. The molecule has 2 radical (unpaired) electrons. The number of fused-ring (bicyclic) bond motifs is 1. The summed E-state index contributed by atoms with van der Waals surface area (Å²) in [6.45, 7) is 0. The molecule has 0 fully saturated rings. The first kappa shape index (κ1) is 26.4. The fourth-order valence-corrected chi connectivity index (χ4v) is 3.72. The van der Waals surface area contributed by atoms with Crippen molar-refractivity contribution in [1.29, 1.82) is 0 Å². The summed E-state index contributed by atoms with van der Waals surface area (Å²) in [4.78, 5) is 30.0. The summed E-state index contributed by atoms with van der Waals surface area (Å²) in [5, 5.41) is 0.513. The Bertz CT molecular complexity index is 1030. The third-order valence-corrected chi connectivity index (χ3v) is 5.21. The zero-order chi connectivity index (χ0) is 19.9. The van der Waals surface area contributed by atoms with E-state index in [1.807, 2.05) is 0 Å². The predicted molar refractivity (Wildman–Crippen MR) is 88.1 cm³/mol. The minimum absolute atomic E-state index is 0. The molecule has 1 aromatic heterocycles. The molecular formula is C16H8Ag2F5O4PS. The minimum Gasteiger partial charge on any atom is -0.416 e. The second-order valence-electron chi connectivity index (χ2n) is 5.30. The van der Waals surface area contributed by atoms with Gasteiger partial charge in [0.15, 0.2) is 8.38 Å². The third kappa shape index (κ3) is 5.54. The van der Waals surface area contributed by atoms with Gasteiger partial charge in [0, 0.05) is 55.6 Å². The van der Waals surface area contributed by atoms with Crippen molar-refractivity contribution >= 4 is 35.8 Å². The van der Waals surface area contributed by atoms with E-state index in [-0.39, 0.29) is 55.8 Å². The summed E-state index contributed by atoms with van der Waals surface area (Å²) in [5.74, 6) is -14.3. The molecule has 0 saturated heterocycles. The summed E-state index contributed by atoms with van der Waals surface area (Å²) in [6, 6.07) is 6.06. The Kier molecular flexibility index (Phi) is 9.63. The van der Waals surface area contributed by atoms with Crippen molar-refractivity contribution in [3.63, 3.8) is 0 Å². The van der Waals surface area contributed by atoms with Crippen LogP contribution in [0.3, 0.4) is 0 Å². The molecule has 2 aromatic carbocycles. The van der Waals surface area contributed by atoms with Crippen molar-refractivity contribution in [1.82, 2.24) is 0 Å². The fraction of sp³-hybridized carbons (Fsp3) is 0.0625. The molecule has 29 heavy (non-hydrogen) atoms. The van der Waals surface area contributed by atoms with E-state index in [0.717, 1.165) is 11.3 Å². The average Bonchev–Trinajstić information content (AvgIpc) is 3.04. The van der Waals surface area contributed by atoms with Gasteiger partial charge in [-0.15, -0.1) is 11.3 Å². The first-order valence-corrected chi connectivity index (χ1v) is 9.35. The number of hydrogen-bond acceptors (Lipinski definition) is 5. The standard InChI is InChI=1S/C16H8F5O4PS.2Ag/c17-10-11(18)13(20)15(14(21)12(10)19)25-16(22)9-4-7-3-6(5-26(23)24)1-2-8(7)27-9;;/h1-4,23-24H,5H2;;. The number of rotatable bonds is 4. The molecule has 0 amide bonds. The van der Waals surface area contributed by atoms with Gasteiger partial charge in [-0.25, -0.2) is 18.0 Å². The van der Waals surface area contributed by atoms with Gasteiger partial charge in [0.05, 0.1) is 0 Å². The van der Waals surface area contributed by atoms with Crippen LogP contribution in [0.25, 0.3) is 10.1 Å². The Labute approximate surface area is 196 Å². The maximum atomic E-state index is 13.6. The molecule has 2 N–H and O–H groups in total. The Morgan fingerprint density at radius 1 is 0.931 bits per heavy atom. The monoisotopic (exact) mass is 636 g/mol. The molecule has 0 saturated carbocycles. The van der Waals surface area contributed by atoms with Gasteiger partial charge in [-0.05, 0) is 29.1 Å². The Morgan fingerprint density at radius 2 is 1.48 bits per heavy atom. The molecule has 0 aliphatic rings. The summed E-state index contributed by atoms with van der Waals surface area (Å²) in [7, 11) is -2.16. The SMILES string of the molecule is O=C(Oc1c(F)c(F)c(F)c(F)c1F)c1cc2cc(CP(O)O)ccc2s1.[Ag].[Ag]. The Balaban J connectivity index is 0.00000210. The van der Waals surface area contributed by atoms with Gasteiger partial charge in [-0.3, -0.25) is 0 Å². The van der Waals surface area contributed by atoms with Gasteiger partial charge >= 0.3 is 5.97 Å². The molecule has 0 aliphatic carbocycles. The van der Waals surface area contributed by atoms with Crippen LogP contribution in [-0.4, -0.2) is 15.8 Å². The number of hydrogen-bond donors (Lipinski definition) is 2. The van der Waals surface area contributed by atoms with E-state index in [2.05, 4.69) is 4.74 Å². The minimum atomic E-state index is -2.35. The van der Waals surface area contributed by atoms with Gasteiger partial charge in [-0.2, -0.15) is 8.78 Å². The molecule has 3 aromatic rings. The van der Waals surface area contributed by atoms with Gasteiger partial charge in [0.25, 0.3) is 0 Å². The van der Waals surface area contributed by atoms with Crippen molar-refractivity contribution in [2.24, 2.45) is 0 Å². The third-order valence-electron chi connectivity index (χ3n) is 3.47. The molecule has 0 bridgehead atoms. The van der Waals surface area contributed by atoms with E-state index in [1.165, 1.54) is 6.07 Å². The van der Waals surface area contributed by atoms with Gasteiger partial charge in [0.1, 0.15) is 4.88 Å². The van der Waals surface area contributed by atoms with Crippen LogP contribution in [0.15, 0.2) is 24.3 Å². The number of ether oxygens (including phenoxy) is 1. The van der Waals surface area contributed by atoms with Crippen LogP contribution < -0.4 is 4.74 Å². The molecule has 0 unspecified atom stereocenters. The maximum absolute atomic E-state index is 13.6. The quantitative estimate of drug-likeness (QED) is 0.0835. The number of esters is 1. The van der Waals surface area contributed by atoms with E-state index in [4.69, 9.17) is 9.79 Å². The fourth-order valence-electron chi connectivity index (χ4n) is 2.27. The summed E-state index contributed by atoms with van der Waals surface area (Å²) < 4.78 is 71.6. The van der Waals surface area contributed by atoms with Crippen LogP contribution >= 0.6 is 19.7 Å². The van der Waals surface area contributed by atoms with E-state index >= 15 is 0 Å². The smallest absolute Gasteiger partial charge is 0.353 e. The molecule has 0 spiro atoms. The zero-order valence-corrected chi connectivity index (χ0v) is 18.3. The molecule has 0 atom stereocenters. The zero-order valence-electron chi connectivity index (χ0n) is 13.6. The average molecular weight is 638 g/mol. The summed E-state index contributed by atoms with van der Waals surface area (Å²) >= 11 is 0.875. The number of benzene rings is 2. The van der Waals surface area contributed by atoms with Crippen LogP contribution in [0.4, 0.5) is 22.0 Å². The number of carbonyl (C=O) groups excluding carboxylic acids is 1. The largest absolute Gasteiger partial charge is 0.416 e. The predicted octanol–water partition coefficient (Wildman–Crippen LogP) is 4.61. The summed E-state index contributed by atoms with van der Waals surface area (Å²) in [5.41, 5.74) is 0.580. The van der Waals surface area contributed by atoms with E-state index in [9.17, 15) is 26.7 Å². The number of thiophene rings is 1. The van der Waals surface area contributed by atoms with Crippen molar-refractivity contribution in [3.8, 4) is 5.75 Å². The molecular weight excluding hydrogens is 630 g/mol. The van der Waals surface area contributed by atoms with Crippen molar-refractivity contribution in [2.75, 3.05) is 0 Å². The molecule has 0 aliphatic heterocycles. The molecule has 3 rings (SSSR count). The van der Waals surface area contributed by atoms with Crippen molar-refractivity contribution in [2.45, 2.75) is 6.16 Å². The van der Waals surface area contributed by atoms with Crippen molar-refractivity contribution < 1.29 is 86.0 Å². The van der Waals surface area contributed by atoms with Gasteiger partial charge in [-0.1, -0.05) is 6.07 Å². The van der Waals surface area contributed by atoms with Gasteiger partial charge in [0.2, 0.25) is 34.8 Å². The van der Waals surface area contributed by atoms with E-state index in [0.29, 0.717) is 15.6 Å². The molecule has 4 nitrogen and oxygen atoms in total. The Morgan fingerprint density at radius 3 is 2.03 bits per heavy atom. The summed E-state index contributed by atoms with van der Waals surface area (Å²) in [6.07, 6.45) is 0.00541. The topological polar surface area (TPSA) is 66.8 Å². The number of carbonyl (C=O) groups is 1. The van der Waals surface area contributed by atoms with Crippen molar-refractivity contribution in [3.05, 3.63) is 63.8 Å². The van der Waals surface area contributed by atoms with Crippen LogP contribution in [0.1, 0.15) is 15.2 Å². The molecule has 13 heteroatoms.